The zero-order valence-electron chi connectivity index (χ0n) is 15.2. The predicted molar refractivity (Wildman–Crippen MR) is 107 cm³/mol. The molecule has 2 N–H and O–H groups in total. The number of carbonyl (C=O) groups is 1. The Hall–Kier alpha value is -1.66. The van der Waals surface area contributed by atoms with Gasteiger partial charge in [0.2, 0.25) is 0 Å². The van der Waals surface area contributed by atoms with Crippen LogP contribution in [0.15, 0.2) is 42.5 Å². The van der Waals surface area contributed by atoms with Crippen LogP contribution in [0.5, 0.6) is 0 Å². The minimum Gasteiger partial charge on any atom is -0.381 e. The Morgan fingerprint density at radius 2 is 1.81 bits per heavy atom. The Labute approximate surface area is 169 Å². The molecule has 1 saturated heterocycles. The van der Waals surface area contributed by atoms with Gasteiger partial charge in [0.25, 0.3) is 5.91 Å². The number of hydrogen-bond acceptors (Lipinski definition) is 4. The molecule has 144 valence electrons. The highest BCUT2D eigenvalue weighted by atomic mass is 35.5. The van der Waals surface area contributed by atoms with E-state index >= 15 is 0 Å². The van der Waals surface area contributed by atoms with Crippen LogP contribution in [0.4, 0.5) is 0 Å². The number of pyridine rings is 1. The van der Waals surface area contributed by atoms with Crippen molar-refractivity contribution in [3.05, 3.63) is 63.9 Å². The SMILES string of the molecule is CC(NC1(CNC(=O)c2cc(Cl)nc(Cl)c2)CCOCC1)c1ccccc1. The first-order chi connectivity index (χ1) is 13.0. The monoisotopic (exact) mass is 407 g/mol. The number of nitrogens with zero attached hydrogens (tertiary/aromatic N) is 1. The maximum Gasteiger partial charge on any atom is 0.251 e. The molecule has 2 aromatic rings. The van der Waals surface area contributed by atoms with E-state index < -0.39 is 0 Å². The molecule has 1 aromatic heterocycles. The van der Waals surface area contributed by atoms with Gasteiger partial charge in [0.1, 0.15) is 10.3 Å². The predicted octanol–water partition coefficient (Wildman–Crippen LogP) is 4.02. The summed E-state index contributed by atoms with van der Waals surface area (Å²) in [5, 5.41) is 7.13. The standard InChI is InChI=1S/C20H23Cl2N3O2/c1-14(15-5-3-2-4-6-15)25-20(7-9-27-10-8-20)13-23-19(26)16-11-17(21)24-18(22)12-16/h2-6,11-12,14,25H,7-10,13H2,1H3,(H,23,26). The molecule has 3 rings (SSSR count). The lowest BCUT2D eigenvalue weighted by Crippen LogP contribution is -2.57. The number of benzene rings is 1. The van der Waals surface area contributed by atoms with Gasteiger partial charge in [-0.2, -0.15) is 0 Å². The summed E-state index contributed by atoms with van der Waals surface area (Å²) < 4.78 is 5.54. The normalized spacial score (nSPS) is 17.3. The number of rotatable bonds is 6. The number of hydrogen-bond donors (Lipinski definition) is 2. The second-order valence-electron chi connectivity index (χ2n) is 6.85. The molecule has 27 heavy (non-hydrogen) atoms. The summed E-state index contributed by atoms with van der Waals surface area (Å²) in [4.78, 5) is 16.4. The largest absolute Gasteiger partial charge is 0.381 e. The molecule has 1 aromatic carbocycles. The summed E-state index contributed by atoms with van der Waals surface area (Å²) in [5.74, 6) is -0.221. The first kappa shape index (κ1) is 20.1. The molecular weight excluding hydrogens is 385 g/mol. The minimum atomic E-state index is -0.232. The highest BCUT2D eigenvalue weighted by Crippen LogP contribution is 2.25. The fourth-order valence-corrected chi connectivity index (χ4v) is 3.83. The van der Waals surface area contributed by atoms with Crippen molar-refractivity contribution >= 4 is 29.1 Å². The van der Waals surface area contributed by atoms with Crippen molar-refractivity contribution in [3.63, 3.8) is 0 Å². The molecule has 1 atom stereocenters. The highest BCUT2D eigenvalue weighted by Gasteiger charge is 2.34. The smallest absolute Gasteiger partial charge is 0.251 e. The fraction of sp³-hybridized carbons (Fsp3) is 0.400. The molecule has 0 bridgehead atoms. The molecular formula is C20H23Cl2N3O2. The molecule has 2 heterocycles. The third-order valence-electron chi connectivity index (χ3n) is 4.88. The van der Waals surface area contributed by atoms with Crippen LogP contribution in [0.25, 0.3) is 0 Å². The minimum absolute atomic E-state index is 0.158. The van der Waals surface area contributed by atoms with Crippen LogP contribution in [-0.4, -0.2) is 36.2 Å². The molecule has 0 radical (unpaired) electrons. The van der Waals surface area contributed by atoms with Crippen LogP contribution in [0, 0.1) is 0 Å². The summed E-state index contributed by atoms with van der Waals surface area (Å²) in [6.07, 6.45) is 1.64. The Morgan fingerprint density at radius 3 is 2.44 bits per heavy atom. The highest BCUT2D eigenvalue weighted by molar-refractivity contribution is 6.33. The average Bonchev–Trinajstić information content (AvgIpc) is 2.67. The van der Waals surface area contributed by atoms with Crippen molar-refractivity contribution < 1.29 is 9.53 Å². The van der Waals surface area contributed by atoms with E-state index in [4.69, 9.17) is 27.9 Å². The summed E-state index contributed by atoms with van der Waals surface area (Å²) in [6, 6.07) is 13.5. The van der Waals surface area contributed by atoms with E-state index in [-0.39, 0.29) is 27.8 Å². The number of carbonyl (C=O) groups excluding carboxylic acids is 1. The van der Waals surface area contributed by atoms with Crippen LogP contribution >= 0.6 is 23.2 Å². The quantitative estimate of drug-likeness (QED) is 0.709. The van der Waals surface area contributed by atoms with E-state index in [1.54, 1.807) is 0 Å². The van der Waals surface area contributed by atoms with Gasteiger partial charge < -0.3 is 15.4 Å². The molecule has 5 nitrogen and oxygen atoms in total. The summed E-state index contributed by atoms with van der Waals surface area (Å²) in [6.45, 7) is 3.95. The maximum atomic E-state index is 12.6. The molecule has 1 aliphatic rings. The molecule has 1 fully saturated rings. The van der Waals surface area contributed by atoms with Crippen LogP contribution in [0.2, 0.25) is 10.3 Å². The van der Waals surface area contributed by atoms with E-state index in [0.29, 0.717) is 25.3 Å². The third-order valence-corrected chi connectivity index (χ3v) is 5.27. The lowest BCUT2D eigenvalue weighted by atomic mass is 9.88. The van der Waals surface area contributed by atoms with Crippen molar-refractivity contribution in [2.75, 3.05) is 19.8 Å². The van der Waals surface area contributed by atoms with Crippen LogP contribution < -0.4 is 10.6 Å². The zero-order valence-corrected chi connectivity index (χ0v) is 16.7. The van der Waals surface area contributed by atoms with Gasteiger partial charge in [-0.15, -0.1) is 0 Å². The maximum absolute atomic E-state index is 12.6. The number of amides is 1. The molecule has 0 saturated carbocycles. The summed E-state index contributed by atoms with van der Waals surface area (Å²) in [5.41, 5.74) is 1.38. The van der Waals surface area contributed by atoms with Gasteiger partial charge in [0.15, 0.2) is 0 Å². The Kier molecular flexibility index (Phi) is 6.71. The van der Waals surface area contributed by atoms with Gasteiger partial charge in [-0.3, -0.25) is 4.79 Å². The number of halogens is 2. The zero-order chi connectivity index (χ0) is 19.3. The van der Waals surface area contributed by atoms with Gasteiger partial charge in [0.05, 0.1) is 0 Å². The molecule has 1 unspecified atom stereocenters. The van der Waals surface area contributed by atoms with Crippen molar-refractivity contribution in [1.29, 1.82) is 0 Å². The van der Waals surface area contributed by atoms with Crippen LogP contribution in [0.1, 0.15) is 41.7 Å². The van der Waals surface area contributed by atoms with Gasteiger partial charge >= 0.3 is 0 Å². The average molecular weight is 408 g/mol. The molecule has 0 aliphatic carbocycles. The van der Waals surface area contributed by atoms with Crippen molar-refractivity contribution in [3.8, 4) is 0 Å². The molecule has 1 aliphatic heterocycles. The summed E-state index contributed by atoms with van der Waals surface area (Å²) in [7, 11) is 0. The lowest BCUT2D eigenvalue weighted by molar-refractivity contribution is 0.0332. The van der Waals surface area contributed by atoms with Crippen LogP contribution in [-0.2, 0) is 4.74 Å². The van der Waals surface area contributed by atoms with Gasteiger partial charge in [-0.25, -0.2) is 4.98 Å². The Morgan fingerprint density at radius 1 is 1.19 bits per heavy atom. The van der Waals surface area contributed by atoms with E-state index in [9.17, 15) is 4.79 Å². The molecule has 1 amide bonds. The van der Waals surface area contributed by atoms with Crippen molar-refractivity contribution in [1.82, 2.24) is 15.6 Å². The van der Waals surface area contributed by atoms with E-state index in [1.165, 1.54) is 17.7 Å². The first-order valence-corrected chi connectivity index (χ1v) is 9.75. The van der Waals surface area contributed by atoms with E-state index in [0.717, 1.165) is 12.8 Å². The second-order valence-corrected chi connectivity index (χ2v) is 7.63. The van der Waals surface area contributed by atoms with Crippen molar-refractivity contribution in [2.24, 2.45) is 0 Å². The Bertz CT molecular complexity index is 760. The Balaban J connectivity index is 1.70. The van der Waals surface area contributed by atoms with Gasteiger partial charge in [0, 0.05) is 36.9 Å². The second kappa shape index (κ2) is 9.02. The molecule has 7 heteroatoms. The summed E-state index contributed by atoms with van der Waals surface area (Å²) >= 11 is 11.8. The topological polar surface area (TPSA) is 63.2 Å². The third kappa shape index (κ3) is 5.42. The molecule has 0 spiro atoms. The number of aromatic nitrogens is 1. The van der Waals surface area contributed by atoms with Crippen LogP contribution in [0.3, 0.4) is 0 Å². The van der Waals surface area contributed by atoms with E-state index in [1.807, 2.05) is 18.2 Å². The van der Waals surface area contributed by atoms with Gasteiger partial charge in [-0.05, 0) is 37.5 Å². The number of ether oxygens (including phenoxy) is 1. The first-order valence-electron chi connectivity index (χ1n) is 8.99. The van der Waals surface area contributed by atoms with Crippen molar-refractivity contribution in [2.45, 2.75) is 31.3 Å². The number of nitrogens with one attached hydrogen (secondary N) is 2. The fourth-order valence-electron chi connectivity index (χ4n) is 3.37. The van der Waals surface area contributed by atoms with E-state index in [2.05, 4.69) is 34.7 Å². The van der Waals surface area contributed by atoms with Gasteiger partial charge in [-0.1, -0.05) is 53.5 Å². The lowest BCUT2D eigenvalue weighted by Gasteiger charge is -2.40.